The quantitative estimate of drug-likeness (QED) is 0.737. The fraction of sp³-hybridized carbons (Fsp3) is 0.923. The van der Waals surface area contributed by atoms with Gasteiger partial charge in [0, 0.05) is 19.1 Å². The van der Waals surface area contributed by atoms with Crippen molar-refractivity contribution in [2.24, 2.45) is 17.6 Å². The first-order chi connectivity index (χ1) is 8.04. The van der Waals surface area contributed by atoms with Gasteiger partial charge in [0.25, 0.3) is 0 Å². The zero-order chi connectivity index (χ0) is 12.8. The Hall–Kier alpha value is -0.610. The van der Waals surface area contributed by atoms with Crippen molar-refractivity contribution in [3.05, 3.63) is 0 Å². The molecular weight excluding hydrogens is 216 g/mol. The summed E-state index contributed by atoms with van der Waals surface area (Å²) in [6.07, 6.45) is 3.10. The van der Waals surface area contributed by atoms with E-state index in [-0.39, 0.29) is 11.9 Å². The van der Waals surface area contributed by atoms with Crippen molar-refractivity contribution in [2.75, 3.05) is 13.2 Å². The molecule has 100 valence electrons. The van der Waals surface area contributed by atoms with Gasteiger partial charge in [-0.2, -0.15) is 0 Å². The Kier molecular flexibility index (Phi) is 5.92. The van der Waals surface area contributed by atoms with Crippen molar-refractivity contribution in [2.45, 2.75) is 52.2 Å². The van der Waals surface area contributed by atoms with Crippen LogP contribution in [0.2, 0.25) is 0 Å². The second-order valence-corrected chi connectivity index (χ2v) is 5.35. The molecule has 1 aliphatic heterocycles. The van der Waals surface area contributed by atoms with Crippen LogP contribution in [0.15, 0.2) is 0 Å². The Labute approximate surface area is 104 Å². The van der Waals surface area contributed by atoms with Gasteiger partial charge < -0.3 is 15.8 Å². The number of carbonyl (C=O) groups is 1. The van der Waals surface area contributed by atoms with Crippen LogP contribution in [-0.2, 0) is 9.53 Å². The first kappa shape index (κ1) is 14.5. The minimum atomic E-state index is -0.377. The average molecular weight is 242 g/mol. The standard InChI is InChI=1S/C13H26N2O2/c1-4-12-10(5-6-17-12)8-15-13(16)11(14)7-9(2)3/h9-12H,4-8,14H2,1-3H3,(H,15,16). The second-order valence-electron chi connectivity index (χ2n) is 5.35. The number of amides is 1. The predicted octanol–water partition coefficient (Wildman–Crippen LogP) is 1.29. The summed E-state index contributed by atoms with van der Waals surface area (Å²) in [7, 11) is 0. The van der Waals surface area contributed by atoms with Gasteiger partial charge in [0.05, 0.1) is 12.1 Å². The molecule has 0 spiro atoms. The van der Waals surface area contributed by atoms with Crippen LogP contribution in [0.5, 0.6) is 0 Å². The lowest BCUT2D eigenvalue weighted by atomic mass is 9.99. The highest BCUT2D eigenvalue weighted by Gasteiger charge is 2.27. The molecule has 3 atom stereocenters. The summed E-state index contributed by atoms with van der Waals surface area (Å²) in [5.74, 6) is 0.879. The van der Waals surface area contributed by atoms with E-state index in [0.717, 1.165) is 25.9 Å². The molecule has 17 heavy (non-hydrogen) atoms. The Morgan fingerprint density at radius 2 is 2.24 bits per heavy atom. The minimum Gasteiger partial charge on any atom is -0.378 e. The molecule has 0 bridgehead atoms. The number of rotatable bonds is 6. The van der Waals surface area contributed by atoms with E-state index in [9.17, 15) is 4.79 Å². The highest BCUT2D eigenvalue weighted by Crippen LogP contribution is 2.22. The van der Waals surface area contributed by atoms with Crippen LogP contribution in [0, 0.1) is 11.8 Å². The molecule has 0 aromatic carbocycles. The maximum atomic E-state index is 11.8. The average Bonchev–Trinajstić information content (AvgIpc) is 2.72. The zero-order valence-corrected chi connectivity index (χ0v) is 11.2. The first-order valence-electron chi connectivity index (χ1n) is 6.69. The van der Waals surface area contributed by atoms with Crippen LogP contribution in [0.25, 0.3) is 0 Å². The highest BCUT2D eigenvalue weighted by molar-refractivity contribution is 5.81. The molecule has 1 aliphatic rings. The lowest BCUT2D eigenvalue weighted by Gasteiger charge is -2.19. The van der Waals surface area contributed by atoms with Gasteiger partial charge in [-0.1, -0.05) is 20.8 Å². The fourth-order valence-electron chi connectivity index (χ4n) is 2.36. The minimum absolute atomic E-state index is 0.0274. The van der Waals surface area contributed by atoms with Crippen LogP contribution < -0.4 is 11.1 Å². The molecule has 4 nitrogen and oxygen atoms in total. The molecule has 1 rings (SSSR count). The summed E-state index contributed by atoms with van der Waals surface area (Å²) in [6, 6.07) is -0.377. The maximum Gasteiger partial charge on any atom is 0.236 e. The van der Waals surface area contributed by atoms with E-state index in [1.807, 2.05) is 0 Å². The molecule has 0 radical (unpaired) electrons. The third-order valence-corrected chi connectivity index (χ3v) is 3.35. The van der Waals surface area contributed by atoms with Crippen molar-refractivity contribution < 1.29 is 9.53 Å². The van der Waals surface area contributed by atoms with Gasteiger partial charge in [-0.15, -0.1) is 0 Å². The summed E-state index contributed by atoms with van der Waals surface area (Å²) in [5, 5.41) is 2.95. The van der Waals surface area contributed by atoms with Gasteiger partial charge in [-0.25, -0.2) is 0 Å². The molecule has 0 aliphatic carbocycles. The van der Waals surface area contributed by atoms with E-state index in [0.29, 0.717) is 24.5 Å². The van der Waals surface area contributed by atoms with Gasteiger partial charge in [-0.3, -0.25) is 4.79 Å². The molecule has 1 saturated heterocycles. The number of nitrogens with two attached hydrogens (primary N) is 1. The third kappa shape index (κ3) is 4.64. The summed E-state index contributed by atoms with van der Waals surface area (Å²) >= 11 is 0. The number of carbonyl (C=O) groups excluding carboxylic acids is 1. The van der Waals surface area contributed by atoms with Gasteiger partial charge in [-0.05, 0) is 25.2 Å². The number of nitrogens with one attached hydrogen (secondary N) is 1. The van der Waals surface area contributed by atoms with Crippen LogP contribution in [0.3, 0.4) is 0 Å². The smallest absolute Gasteiger partial charge is 0.236 e. The Balaban J connectivity index is 2.27. The highest BCUT2D eigenvalue weighted by atomic mass is 16.5. The SMILES string of the molecule is CCC1OCCC1CNC(=O)C(N)CC(C)C. The van der Waals surface area contributed by atoms with Gasteiger partial charge >= 0.3 is 0 Å². The molecule has 4 heteroatoms. The van der Waals surface area contributed by atoms with Crippen LogP contribution in [-0.4, -0.2) is 31.2 Å². The molecular formula is C13H26N2O2. The van der Waals surface area contributed by atoms with Crippen molar-refractivity contribution in [3.63, 3.8) is 0 Å². The van der Waals surface area contributed by atoms with E-state index in [4.69, 9.17) is 10.5 Å². The van der Waals surface area contributed by atoms with Crippen molar-refractivity contribution >= 4 is 5.91 Å². The Morgan fingerprint density at radius 3 is 2.82 bits per heavy atom. The molecule has 3 unspecified atom stereocenters. The van der Waals surface area contributed by atoms with E-state index in [1.165, 1.54) is 0 Å². The van der Waals surface area contributed by atoms with Crippen LogP contribution in [0.1, 0.15) is 40.0 Å². The van der Waals surface area contributed by atoms with Crippen molar-refractivity contribution in [3.8, 4) is 0 Å². The second kappa shape index (κ2) is 6.97. The monoisotopic (exact) mass is 242 g/mol. The molecule has 1 amide bonds. The molecule has 0 aromatic heterocycles. The number of hydrogen-bond acceptors (Lipinski definition) is 3. The lowest BCUT2D eigenvalue weighted by molar-refractivity contribution is -0.122. The maximum absolute atomic E-state index is 11.8. The predicted molar refractivity (Wildman–Crippen MR) is 68.6 cm³/mol. The van der Waals surface area contributed by atoms with E-state index < -0.39 is 0 Å². The topological polar surface area (TPSA) is 64.3 Å². The number of hydrogen-bond donors (Lipinski definition) is 2. The Bertz CT molecular complexity index is 244. The number of ether oxygens (including phenoxy) is 1. The van der Waals surface area contributed by atoms with Gasteiger partial charge in [0.15, 0.2) is 0 Å². The largest absolute Gasteiger partial charge is 0.378 e. The van der Waals surface area contributed by atoms with Gasteiger partial charge in [0.1, 0.15) is 0 Å². The van der Waals surface area contributed by atoms with Crippen LogP contribution >= 0.6 is 0 Å². The fourth-order valence-corrected chi connectivity index (χ4v) is 2.36. The summed E-state index contributed by atoms with van der Waals surface area (Å²) in [5.41, 5.74) is 5.83. The van der Waals surface area contributed by atoms with Crippen LogP contribution in [0.4, 0.5) is 0 Å². The zero-order valence-electron chi connectivity index (χ0n) is 11.2. The third-order valence-electron chi connectivity index (χ3n) is 3.35. The lowest BCUT2D eigenvalue weighted by Crippen LogP contribution is -2.43. The first-order valence-corrected chi connectivity index (χ1v) is 6.69. The molecule has 3 N–H and O–H groups in total. The molecule has 0 saturated carbocycles. The normalized spacial score (nSPS) is 26.2. The summed E-state index contributed by atoms with van der Waals surface area (Å²) < 4.78 is 5.59. The van der Waals surface area contributed by atoms with Gasteiger partial charge in [0.2, 0.25) is 5.91 Å². The Morgan fingerprint density at radius 1 is 1.53 bits per heavy atom. The van der Waals surface area contributed by atoms with E-state index in [2.05, 4.69) is 26.1 Å². The van der Waals surface area contributed by atoms with E-state index in [1.54, 1.807) is 0 Å². The van der Waals surface area contributed by atoms with Crippen molar-refractivity contribution in [1.29, 1.82) is 0 Å². The molecule has 1 heterocycles. The van der Waals surface area contributed by atoms with Crippen molar-refractivity contribution in [1.82, 2.24) is 5.32 Å². The van der Waals surface area contributed by atoms with E-state index >= 15 is 0 Å². The molecule has 1 fully saturated rings. The summed E-state index contributed by atoms with van der Waals surface area (Å²) in [4.78, 5) is 11.8. The molecule has 0 aromatic rings. The summed E-state index contributed by atoms with van der Waals surface area (Å²) in [6.45, 7) is 7.78.